The van der Waals surface area contributed by atoms with Crippen LogP contribution in [0.15, 0.2) is 12.3 Å². The van der Waals surface area contributed by atoms with Crippen molar-refractivity contribution in [3.63, 3.8) is 0 Å². The topological polar surface area (TPSA) is 101 Å². The first-order valence-electron chi connectivity index (χ1n) is 6.61. The maximum atomic E-state index is 12.2. The minimum Gasteiger partial charge on any atom is -0.397 e. The maximum Gasteiger partial charge on any atom is 0.263 e. The molecule has 0 aromatic carbocycles. The average molecular weight is 292 g/mol. The molecule has 2 aromatic heterocycles. The number of nitrogens with two attached hydrogens (primary N) is 1. The van der Waals surface area contributed by atoms with E-state index in [1.54, 1.807) is 12.3 Å². The molecule has 1 amide bonds. The molecule has 2 aromatic rings. The van der Waals surface area contributed by atoms with Gasteiger partial charge in [-0.25, -0.2) is 0 Å². The average Bonchev–Trinajstić information content (AvgIpc) is 3.01. The molecule has 2 heterocycles. The number of fused-ring (bicyclic) bond motifs is 1. The lowest BCUT2D eigenvalue weighted by molar-refractivity contribution is 0.0950. The van der Waals surface area contributed by atoms with Crippen molar-refractivity contribution in [1.82, 2.24) is 15.5 Å². The van der Waals surface area contributed by atoms with Crippen LogP contribution in [0.4, 0.5) is 5.69 Å². The first-order chi connectivity index (χ1) is 9.65. The molecule has 1 aliphatic carbocycles. The molecule has 2 atom stereocenters. The second-order valence-electron chi connectivity index (χ2n) is 5.14. The third kappa shape index (κ3) is 2.46. The number of aromatic nitrogens is 2. The van der Waals surface area contributed by atoms with Crippen molar-refractivity contribution >= 4 is 33.1 Å². The number of thiophene rings is 1. The van der Waals surface area contributed by atoms with Gasteiger partial charge in [-0.05, 0) is 31.2 Å². The van der Waals surface area contributed by atoms with Crippen LogP contribution >= 0.6 is 11.3 Å². The van der Waals surface area contributed by atoms with Crippen LogP contribution in [-0.2, 0) is 0 Å². The first kappa shape index (κ1) is 13.3. The molecule has 6 nitrogen and oxygen atoms in total. The molecular weight excluding hydrogens is 276 g/mol. The molecular formula is C13H16N4O2S. The van der Waals surface area contributed by atoms with Gasteiger partial charge >= 0.3 is 0 Å². The number of nitrogen functional groups attached to an aromatic ring is 1. The van der Waals surface area contributed by atoms with E-state index in [0.717, 1.165) is 24.6 Å². The Morgan fingerprint density at radius 1 is 1.55 bits per heavy atom. The van der Waals surface area contributed by atoms with Gasteiger partial charge in [0.05, 0.1) is 18.0 Å². The summed E-state index contributed by atoms with van der Waals surface area (Å²) in [7, 11) is 0. The number of anilines is 1. The summed E-state index contributed by atoms with van der Waals surface area (Å²) in [6.07, 6.45) is 3.87. The van der Waals surface area contributed by atoms with Gasteiger partial charge in [0.1, 0.15) is 9.71 Å². The Labute approximate surface area is 120 Å². The summed E-state index contributed by atoms with van der Waals surface area (Å²) in [4.78, 5) is 13.3. The van der Waals surface area contributed by atoms with Crippen molar-refractivity contribution in [2.75, 3.05) is 12.3 Å². The van der Waals surface area contributed by atoms with Gasteiger partial charge in [-0.3, -0.25) is 4.79 Å². The minimum absolute atomic E-state index is 0.174. The van der Waals surface area contributed by atoms with Crippen LogP contribution in [-0.4, -0.2) is 33.9 Å². The number of hydrogen-bond acceptors (Lipinski definition) is 6. The predicted octanol–water partition coefficient (Wildman–Crippen LogP) is 1.16. The van der Waals surface area contributed by atoms with Crippen LogP contribution < -0.4 is 11.1 Å². The van der Waals surface area contributed by atoms with Gasteiger partial charge in [-0.2, -0.15) is 5.10 Å². The number of carbonyl (C=O) groups excluding carboxylic acids is 1. The number of aliphatic hydroxyl groups is 1. The van der Waals surface area contributed by atoms with Crippen molar-refractivity contribution in [2.45, 2.75) is 25.4 Å². The van der Waals surface area contributed by atoms with Crippen molar-refractivity contribution in [1.29, 1.82) is 0 Å². The van der Waals surface area contributed by atoms with Crippen molar-refractivity contribution in [3.05, 3.63) is 17.1 Å². The first-order valence-corrected chi connectivity index (χ1v) is 7.42. The molecule has 0 bridgehead atoms. The second kappa shape index (κ2) is 5.34. The Bertz CT molecular complexity index is 642. The van der Waals surface area contributed by atoms with E-state index in [0.29, 0.717) is 27.9 Å². The van der Waals surface area contributed by atoms with E-state index in [4.69, 9.17) is 5.73 Å². The van der Waals surface area contributed by atoms with E-state index in [-0.39, 0.29) is 12.0 Å². The van der Waals surface area contributed by atoms with Crippen LogP contribution in [0.5, 0.6) is 0 Å². The third-order valence-electron chi connectivity index (χ3n) is 3.69. The highest BCUT2D eigenvalue weighted by molar-refractivity contribution is 7.21. The molecule has 7 heteroatoms. The monoisotopic (exact) mass is 292 g/mol. The predicted molar refractivity (Wildman–Crippen MR) is 77.5 cm³/mol. The lowest BCUT2D eigenvalue weighted by Gasteiger charge is -2.10. The molecule has 106 valence electrons. The summed E-state index contributed by atoms with van der Waals surface area (Å²) in [6.45, 7) is 0.579. The molecule has 4 N–H and O–H groups in total. The molecule has 0 aliphatic heterocycles. The molecule has 1 saturated carbocycles. The Morgan fingerprint density at radius 2 is 2.40 bits per heavy atom. The molecule has 1 fully saturated rings. The molecule has 0 spiro atoms. The lowest BCUT2D eigenvalue weighted by Crippen LogP contribution is -2.28. The number of amides is 1. The van der Waals surface area contributed by atoms with Gasteiger partial charge in [-0.1, -0.05) is 0 Å². The van der Waals surface area contributed by atoms with Gasteiger partial charge in [0.15, 0.2) is 0 Å². The lowest BCUT2D eigenvalue weighted by atomic mass is 10.1. The van der Waals surface area contributed by atoms with Crippen LogP contribution in [0, 0.1) is 5.92 Å². The Morgan fingerprint density at radius 3 is 3.10 bits per heavy atom. The van der Waals surface area contributed by atoms with Crippen LogP contribution in [0.25, 0.3) is 10.2 Å². The number of carbonyl (C=O) groups is 1. The third-order valence-corrected chi connectivity index (χ3v) is 4.80. The van der Waals surface area contributed by atoms with Crippen molar-refractivity contribution in [2.24, 2.45) is 5.92 Å². The number of hydrogen-bond donors (Lipinski definition) is 3. The zero-order valence-electron chi connectivity index (χ0n) is 10.9. The number of nitrogens with zero attached hydrogens (tertiary/aromatic N) is 2. The summed E-state index contributed by atoms with van der Waals surface area (Å²) in [5, 5.41) is 20.9. The molecule has 2 unspecified atom stereocenters. The molecule has 3 rings (SSSR count). The quantitative estimate of drug-likeness (QED) is 0.788. The van der Waals surface area contributed by atoms with Crippen LogP contribution in [0.1, 0.15) is 28.9 Å². The maximum absolute atomic E-state index is 12.2. The van der Waals surface area contributed by atoms with Gasteiger partial charge < -0.3 is 16.2 Å². The van der Waals surface area contributed by atoms with E-state index in [9.17, 15) is 9.90 Å². The zero-order valence-corrected chi connectivity index (χ0v) is 11.7. The number of nitrogens with one attached hydrogen (secondary N) is 1. The molecule has 0 saturated heterocycles. The Hall–Kier alpha value is -1.73. The standard InChI is InChI=1S/C13H16N4O2S/c14-10-9-3-4-16-17-13(9)20-11(10)12(19)15-6-7-1-2-8(18)5-7/h3-4,7-8,18H,1-2,5-6,14H2,(H,15,19). The van der Waals surface area contributed by atoms with E-state index in [2.05, 4.69) is 15.5 Å². The van der Waals surface area contributed by atoms with Crippen LogP contribution in [0.3, 0.4) is 0 Å². The fourth-order valence-electron chi connectivity index (χ4n) is 2.59. The van der Waals surface area contributed by atoms with Gasteiger partial charge in [0.25, 0.3) is 5.91 Å². The van der Waals surface area contributed by atoms with E-state index >= 15 is 0 Å². The SMILES string of the molecule is Nc1c(C(=O)NCC2CCC(O)C2)sc2nnccc12. The number of aliphatic hydroxyl groups excluding tert-OH is 1. The van der Waals surface area contributed by atoms with Crippen molar-refractivity contribution < 1.29 is 9.90 Å². The second-order valence-corrected chi connectivity index (χ2v) is 6.14. The van der Waals surface area contributed by atoms with E-state index in [1.807, 2.05) is 0 Å². The highest BCUT2D eigenvalue weighted by Gasteiger charge is 2.24. The Kier molecular flexibility index (Phi) is 3.54. The van der Waals surface area contributed by atoms with Gasteiger partial charge in [-0.15, -0.1) is 16.4 Å². The minimum atomic E-state index is -0.221. The fraction of sp³-hybridized carbons (Fsp3) is 0.462. The van der Waals surface area contributed by atoms with Crippen LogP contribution in [0.2, 0.25) is 0 Å². The Balaban J connectivity index is 1.71. The molecule has 20 heavy (non-hydrogen) atoms. The zero-order chi connectivity index (χ0) is 14.1. The van der Waals surface area contributed by atoms with Gasteiger partial charge in [0, 0.05) is 11.9 Å². The van der Waals surface area contributed by atoms with Gasteiger partial charge in [0.2, 0.25) is 0 Å². The van der Waals surface area contributed by atoms with E-state index in [1.165, 1.54) is 11.3 Å². The molecule has 0 radical (unpaired) electrons. The summed E-state index contributed by atoms with van der Waals surface area (Å²) in [5.41, 5.74) is 6.45. The normalized spacial score (nSPS) is 22.2. The highest BCUT2D eigenvalue weighted by atomic mass is 32.1. The molecule has 1 aliphatic rings. The summed E-state index contributed by atoms with van der Waals surface area (Å²) in [6, 6.07) is 1.76. The largest absolute Gasteiger partial charge is 0.397 e. The fourth-order valence-corrected chi connectivity index (χ4v) is 3.55. The van der Waals surface area contributed by atoms with E-state index < -0.39 is 0 Å². The summed E-state index contributed by atoms with van der Waals surface area (Å²) in [5.74, 6) is 0.177. The van der Waals surface area contributed by atoms with Crippen molar-refractivity contribution in [3.8, 4) is 0 Å². The smallest absolute Gasteiger partial charge is 0.263 e. The highest BCUT2D eigenvalue weighted by Crippen LogP contribution is 2.31. The summed E-state index contributed by atoms with van der Waals surface area (Å²) >= 11 is 1.26. The summed E-state index contributed by atoms with van der Waals surface area (Å²) < 4.78 is 0. The number of rotatable bonds is 3.